The first kappa shape index (κ1) is 18.3. The Bertz CT molecular complexity index is 526. The first-order valence-corrected chi connectivity index (χ1v) is 8.54. The molecule has 2 amide bonds. The minimum atomic E-state index is -0.277. The standard InChI is InChI=1S/C18H26N2O4/c1-2-24-16-8-6-15(7-9-16)18(22)20-12-17(21)19-10-3-11-23-13-14-4-5-14/h6-9,14H,2-5,10-13H2,1H3,(H,19,21)(H,20,22). The van der Waals surface area contributed by atoms with E-state index in [1.54, 1.807) is 24.3 Å². The molecule has 0 saturated heterocycles. The van der Waals surface area contributed by atoms with Gasteiger partial charge in [-0.25, -0.2) is 0 Å². The lowest BCUT2D eigenvalue weighted by atomic mass is 10.2. The topological polar surface area (TPSA) is 76.7 Å². The fraction of sp³-hybridized carbons (Fsp3) is 0.556. The number of carbonyl (C=O) groups excluding carboxylic acids is 2. The molecule has 1 aromatic carbocycles. The van der Waals surface area contributed by atoms with Gasteiger partial charge in [0.25, 0.3) is 5.91 Å². The van der Waals surface area contributed by atoms with Crippen LogP contribution < -0.4 is 15.4 Å². The van der Waals surface area contributed by atoms with Crippen molar-refractivity contribution in [2.75, 3.05) is 32.9 Å². The highest BCUT2D eigenvalue weighted by atomic mass is 16.5. The van der Waals surface area contributed by atoms with Gasteiger partial charge in [0, 0.05) is 25.3 Å². The highest BCUT2D eigenvalue weighted by Crippen LogP contribution is 2.28. The second kappa shape index (κ2) is 9.93. The van der Waals surface area contributed by atoms with Gasteiger partial charge in [-0.05, 0) is 56.4 Å². The van der Waals surface area contributed by atoms with Gasteiger partial charge in [0.1, 0.15) is 5.75 Å². The number of benzene rings is 1. The molecule has 0 bridgehead atoms. The molecule has 0 heterocycles. The third kappa shape index (κ3) is 7.00. The number of nitrogens with one attached hydrogen (secondary N) is 2. The van der Waals surface area contributed by atoms with Gasteiger partial charge in [0.05, 0.1) is 13.2 Å². The van der Waals surface area contributed by atoms with Gasteiger partial charge < -0.3 is 20.1 Å². The summed E-state index contributed by atoms with van der Waals surface area (Å²) in [5.74, 6) is 1.01. The van der Waals surface area contributed by atoms with Crippen LogP contribution in [0.25, 0.3) is 0 Å². The molecule has 1 fully saturated rings. The van der Waals surface area contributed by atoms with Gasteiger partial charge in [-0.3, -0.25) is 9.59 Å². The van der Waals surface area contributed by atoms with Crippen molar-refractivity contribution in [1.29, 1.82) is 0 Å². The minimum Gasteiger partial charge on any atom is -0.494 e. The van der Waals surface area contributed by atoms with Gasteiger partial charge in [-0.1, -0.05) is 0 Å². The van der Waals surface area contributed by atoms with Crippen molar-refractivity contribution in [1.82, 2.24) is 10.6 Å². The summed E-state index contributed by atoms with van der Waals surface area (Å²) in [6.07, 6.45) is 3.35. The molecule has 6 heteroatoms. The molecule has 2 rings (SSSR count). The van der Waals surface area contributed by atoms with Crippen molar-refractivity contribution in [3.05, 3.63) is 29.8 Å². The molecule has 0 aromatic heterocycles. The first-order valence-electron chi connectivity index (χ1n) is 8.54. The summed E-state index contributed by atoms with van der Waals surface area (Å²) in [5.41, 5.74) is 0.500. The maximum absolute atomic E-state index is 12.0. The molecule has 24 heavy (non-hydrogen) atoms. The second-order valence-corrected chi connectivity index (χ2v) is 5.86. The van der Waals surface area contributed by atoms with Crippen LogP contribution in [0.3, 0.4) is 0 Å². The Labute approximate surface area is 142 Å². The van der Waals surface area contributed by atoms with Crippen molar-refractivity contribution in [3.63, 3.8) is 0 Å². The fourth-order valence-electron chi connectivity index (χ4n) is 2.13. The van der Waals surface area contributed by atoms with Gasteiger partial charge in [0.15, 0.2) is 0 Å². The Morgan fingerprint density at radius 1 is 1.17 bits per heavy atom. The average Bonchev–Trinajstić information content (AvgIpc) is 3.41. The normalized spacial score (nSPS) is 13.4. The molecule has 132 valence electrons. The van der Waals surface area contributed by atoms with Crippen molar-refractivity contribution in [3.8, 4) is 5.75 Å². The van der Waals surface area contributed by atoms with Crippen LogP contribution in [0.5, 0.6) is 5.75 Å². The van der Waals surface area contributed by atoms with Crippen LogP contribution in [0.1, 0.15) is 36.5 Å². The average molecular weight is 334 g/mol. The van der Waals surface area contributed by atoms with Crippen molar-refractivity contribution in [2.45, 2.75) is 26.2 Å². The van der Waals surface area contributed by atoms with Crippen molar-refractivity contribution in [2.24, 2.45) is 5.92 Å². The SMILES string of the molecule is CCOc1ccc(C(=O)NCC(=O)NCCCOCC2CC2)cc1. The predicted molar refractivity (Wildman–Crippen MR) is 91.1 cm³/mol. The zero-order valence-electron chi connectivity index (χ0n) is 14.2. The number of hydrogen-bond donors (Lipinski definition) is 2. The van der Waals surface area contributed by atoms with Crippen LogP contribution in [0, 0.1) is 5.92 Å². The van der Waals surface area contributed by atoms with E-state index in [1.165, 1.54) is 12.8 Å². The minimum absolute atomic E-state index is 0.0328. The molecule has 1 saturated carbocycles. The Morgan fingerprint density at radius 2 is 1.92 bits per heavy atom. The van der Waals surface area contributed by atoms with E-state index < -0.39 is 0 Å². The zero-order valence-corrected chi connectivity index (χ0v) is 14.2. The van der Waals surface area contributed by atoms with E-state index in [9.17, 15) is 9.59 Å². The molecule has 0 radical (unpaired) electrons. The Balaban J connectivity index is 1.55. The van der Waals surface area contributed by atoms with E-state index in [4.69, 9.17) is 9.47 Å². The van der Waals surface area contributed by atoms with Gasteiger partial charge in [-0.15, -0.1) is 0 Å². The molecule has 1 aromatic rings. The first-order chi connectivity index (χ1) is 11.7. The zero-order chi connectivity index (χ0) is 17.2. The lowest BCUT2D eigenvalue weighted by Crippen LogP contribution is -2.37. The highest BCUT2D eigenvalue weighted by Gasteiger charge is 2.20. The number of hydrogen-bond acceptors (Lipinski definition) is 4. The monoisotopic (exact) mass is 334 g/mol. The van der Waals surface area contributed by atoms with Crippen molar-refractivity contribution >= 4 is 11.8 Å². The van der Waals surface area contributed by atoms with E-state index in [2.05, 4.69) is 10.6 Å². The molecule has 0 aliphatic heterocycles. The fourth-order valence-corrected chi connectivity index (χ4v) is 2.13. The molecule has 2 N–H and O–H groups in total. The Morgan fingerprint density at radius 3 is 2.58 bits per heavy atom. The molecule has 6 nitrogen and oxygen atoms in total. The van der Waals surface area contributed by atoms with Gasteiger partial charge >= 0.3 is 0 Å². The molecule has 0 atom stereocenters. The third-order valence-corrected chi connectivity index (χ3v) is 3.68. The molecule has 0 spiro atoms. The highest BCUT2D eigenvalue weighted by molar-refractivity contribution is 5.96. The van der Waals surface area contributed by atoms with E-state index in [0.29, 0.717) is 25.3 Å². The van der Waals surface area contributed by atoms with E-state index >= 15 is 0 Å². The summed E-state index contributed by atoms with van der Waals surface area (Å²) < 4.78 is 10.8. The molecule has 1 aliphatic carbocycles. The predicted octanol–water partition coefficient (Wildman–Crippen LogP) is 1.75. The molecular weight excluding hydrogens is 308 g/mol. The van der Waals surface area contributed by atoms with Gasteiger partial charge in [0.2, 0.25) is 5.91 Å². The maximum Gasteiger partial charge on any atom is 0.251 e. The number of rotatable bonds is 11. The van der Waals surface area contributed by atoms with E-state index in [0.717, 1.165) is 24.7 Å². The molecular formula is C18H26N2O4. The number of carbonyl (C=O) groups is 2. The van der Waals surface area contributed by atoms with Gasteiger partial charge in [-0.2, -0.15) is 0 Å². The van der Waals surface area contributed by atoms with Crippen LogP contribution in [0.4, 0.5) is 0 Å². The number of ether oxygens (including phenoxy) is 2. The van der Waals surface area contributed by atoms with E-state index in [-0.39, 0.29) is 18.4 Å². The summed E-state index contributed by atoms with van der Waals surface area (Å²) in [5, 5.41) is 5.37. The quantitative estimate of drug-likeness (QED) is 0.605. The van der Waals surface area contributed by atoms with E-state index in [1.807, 2.05) is 6.92 Å². The van der Waals surface area contributed by atoms with Crippen molar-refractivity contribution < 1.29 is 19.1 Å². The van der Waals surface area contributed by atoms with Crippen LogP contribution >= 0.6 is 0 Å². The largest absolute Gasteiger partial charge is 0.494 e. The van der Waals surface area contributed by atoms with Crippen LogP contribution in [-0.4, -0.2) is 44.7 Å². The lowest BCUT2D eigenvalue weighted by molar-refractivity contribution is -0.120. The third-order valence-electron chi connectivity index (χ3n) is 3.68. The molecule has 0 unspecified atom stereocenters. The van der Waals surface area contributed by atoms with Crippen LogP contribution in [0.2, 0.25) is 0 Å². The lowest BCUT2D eigenvalue weighted by Gasteiger charge is -2.08. The summed E-state index contributed by atoms with van der Waals surface area (Å²) >= 11 is 0. The molecule has 1 aliphatic rings. The summed E-state index contributed by atoms with van der Waals surface area (Å²) in [6.45, 7) is 4.51. The summed E-state index contributed by atoms with van der Waals surface area (Å²) in [6, 6.07) is 6.82. The summed E-state index contributed by atoms with van der Waals surface area (Å²) in [7, 11) is 0. The Kier molecular flexibility index (Phi) is 7.55. The van der Waals surface area contributed by atoms with Crippen LogP contribution in [-0.2, 0) is 9.53 Å². The smallest absolute Gasteiger partial charge is 0.251 e. The summed E-state index contributed by atoms with van der Waals surface area (Å²) in [4.78, 5) is 23.6. The second-order valence-electron chi connectivity index (χ2n) is 5.86. The number of amides is 2. The van der Waals surface area contributed by atoms with Crippen LogP contribution in [0.15, 0.2) is 24.3 Å². The Hall–Kier alpha value is -2.08. The maximum atomic E-state index is 12.0.